The standard InChI is InChI=1S/C16H14BrFO3/c1-20-15-6-4-11(9-12(15)17)14(19)8-10-3-5-16(21-2)13(18)7-10/h3-7,9H,8H2,1-2H3. The van der Waals surface area contributed by atoms with Crippen LogP contribution in [0.5, 0.6) is 11.5 Å². The minimum Gasteiger partial charge on any atom is -0.496 e. The first-order valence-corrected chi connectivity index (χ1v) is 7.03. The Hall–Kier alpha value is -1.88. The summed E-state index contributed by atoms with van der Waals surface area (Å²) in [6.45, 7) is 0. The zero-order valence-corrected chi connectivity index (χ0v) is 13.2. The molecule has 0 N–H and O–H groups in total. The molecule has 3 nitrogen and oxygen atoms in total. The van der Waals surface area contributed by atoms with Crippen molar-refractivity contribution in [1.29, 1.82) is 0 Å². The summed E-state index contributed by atoms with van der Waals surface area (Å²) in [5, 5.41) is 0. The lowest BCUT2D eigenvalue weighted by Gasteiger charge is -2.07. The van der Waals surface area contributed by atoms with Crippen LogP contribution in [0.2, 0.25) is 0 Å². The van der Waals surface area contributed by atoms with Crippen molar-refractivity contribution in [2.45, 2.75) is 6.42 Å². The molecule has 5 heteroatoms. The molecule has 0 unspecified atom stereocenters. The predicted molar refractivity (Wildman–Crippen MR) is 81.7 cm³/mol. The zero-order chi connectivity index (χ0) is 15.4. The van der Waals surface area contributed by atoms with Crippen LogP contribution in [-0.4, -0.2) is 20.0 Å². The fourth-order valence-electron chi connectivity index (χ4n) is 1.95. The Bertz CT molecular complexity index is 671. The lowest BCUT2D eigenvalue weighted by atomic mass is 10.0. The summed E-state index contributed by atoms with van der Waals surface area (Å²) in [7, 11) is 2.96. The van der Waals surface area contributed by atoms with E-state index in [2.05, 4.69) is 15.9 Å². The average Bonchev–Trinajstić information content (AvgIpc) is 2.47. The number of halogens is 2. The van der Waals surface area contributed by atoms with E-state index >= 15 is 0 Å². The second kappa shape index (κ2) is 6.72. The molecular formula is C16H14BrFO3. The first kappa shape index (κ1) is 15.5. The summed E-state index contributed by atoms with van der Waals surface area (Å²) in [5.74, 6) is 0.252. The van der Waals surface area contributed by atoms with Gasteiger partial charge in [-0.05, 0) is 51.8 Å². The summed E-state index contributed by atoms with van der Waals surface area (Å²) in [4.78, 5) is 12.2. The Morgan fingerprint density at radius 2 is 1.76 bits per heavy atom. The van der Waals surface area contributed by atoms with Crippen LogP contribution in [0.15, 0.2) is 40.9 Å². The van der Waals surface area contributed by atoms with Gasteiger partial charge in [0.05, 0.1) is 18.7 Å². The highest BCUT2D eigenvalue weighted by molar-refractivity contribution is 9.10. The third-order valence-electron chi connectivity index (χ3n) is 3.05. The predicted octanol–water partition coefficient (Wildman–Crippen LogP) is 4.03. The maximum atomic E-state index is 13.6. The van der Waals surface area contributed by atoms with Crippen LogP contribution in [0.4, 0.5) is 4.39 Å². The van der Waals surface area contributed by atoms with Gasteiger partial charge in [-0.15, -0.1) is 0 Å². The molecule has 2 rings (SSSR count). The highest BCUT2D eigenvalue weighted by Gasteiger charge is 2.11. The van der Waals surface area contributed by atoms with Crippen LogP contribution in [0.25, 0.3) is 0 Å². The molecule has 0 saturated carbocycles. The number of ether oxygens (including phenoxy) is 2. The first-order valence-electron chi connectivity index (χ1n) is 6.24. The third-order valence-corrected chi connectivity index (χ3v) is 3.67. The van der Waals surface area contributed by atoms with E-state index < -0.39 is 5.82 Å². The van der Waals surface area contributed by atoms with Crippen LogP contribution >= 0.6 is 15.9 Å². The van der Waals surface area contributed by atoms with E-state index in [1.54, 1.807) is 31.4 Å². The molecule has 0 radical (unpaired) electrons. The molecule has 2 aromatic rings. The number of carbonyl (C=O) groups is 1. The molecule has 0 aliphatic rings. The van der Waals surface area contributed by atoms with E-state index in [1.165, 1.54) is 19.2 Å². The molecular weight excluding hydrogens is 339 g/mol. The summed E-state index contributed by atoms with van der Waals surface area (Å²) in [6.07, 6.45) is 0.125. The van der Waals surface area contributed by atoms with Crippen LogP contribution in [0.1, 0.15) is 15.9 Å². The minimum atomic E-state index is -0.473. The molecule has 2 aromatic carbocycles. The topological polar surface area (TPSA) is 35.5 Å². The highest BCUT2D eigenvalue weighted by atomic mass is 79.9. The minimum absolute atomic E-state index is 0.0945. The Morgan fingerprint density at radius 1 is 1.10 bits per heavy atom. The maximum Gasteiger partial charge on any atom is 0.167 e. The monoisotopic (exact) mass is 352 g/mol. The van der Waals surface area contributed by atoms with Crippen molar-refractivity contribution >= 4 is 21.7 Å². The Kier molecular flexibility index (Phi) is 4.96. The number of hydrogen-bond donors (Lipinski definition) is 0. The Balaban J connectivity index is 2.18. The van der Waals surface area contributed by atoms with Crippen molar-refractivity contribution in [2.24, 2.45) is 0 Å². The second-order valence-corrected chi connectivity index (χ2v) is 5.27. The number of Topliss-reactive ketones (excluding diaryl/α,β-unsaturated/α-hetero) is 1. The molecule has 21 heavy (non-hydrogen) atoms. The molecule has 0 aliphatic carbocycles. The Morgan fingerprint density at radius 3 is 2.33 bits per heavy atom. The number of rotatable bonds is 5. The van der Waals surface area contributed by atoms with Gasteiger partial charge in [0.1, 0.15) is 5.75 Å². The lowest BCUT2D eigenvalue weighted by molar-refractivity contribution is 0.0993. The second-order valence-electron chi connectivity index (χ2n) is 4.42. The van der Waals surface area contributed by atoms with E-state index in [1.807, 2.05) is 0 Å². The molecule has 110 valence electrons. The fraction of sp³-hybridized carbons (Fsp3) is 0.188. The lowest BCUT2D eigenvalue weighted by Crippen LogP contribution is -2.04. The van der Waals surface area contributed by atoms with Gasteiger partial charge in [0.15, 0.2) is 17.3 Å². The number of carbonyl (C=O) groups excluding carboxylic acids is 1. The van der Waals surface area contributed by atoms with Crippen molar-refractivity contribution in [3.05, 3.63) is 57.8 Å². The summed E-state index contributed by atoms with van der Waals surface area (Å²) < 4.78 is 24.3. The molecule has 0 bridgehead atoms. The van der Waals surface area contributed by atoms with E-state index in [9.17, 15) is 9.18 Å². The van der Waals surface area contributed by atoms with E-state index in [0.29, 0.717) is 21.3 Å². The van der Waals surface area contributed by atoms with E-state index in [0.717, 1.165) is 0 Å². The van der Waals surface area contributed by atoms with Gasteiger partial charge in [0.25, 0.3) is 0 Å². The molecule has 0 aliphatic heterocycles. The van der Waals surface area contributed by atoms with Crippen molar-refractivity contribution < 1.29 is 18.7 Å². The van der Waals surface area contributed by atoms with Gasteiger partial charge in [0, 0.05) is 12.0 Å². The summed E-state index contributed by atoms with van der Waals surface area (Å²) >= 11 is 3.34. The highest BCUT2D eigenvalue weighted by Crippen LogP contribution is 2.26. The zero-order valence-electron chi connectivity index (χ0n) is 11.7. The quantitative estimate of drug-likeness (QED) is 0.762. The number of methoxy groups -OCH3 is 2. The SMILES string of the molecule is COc1ccc(CC(=O)c2ccc(OC)c(Br)c2)cc1F. The smallest absolute Gasteiger partial charge is 0.167 e. The molecule has 0 spiro atoms. The van der Waals surface area contributed by atoms with Crippen molar-refractivity contribution in [3.63, 3.8) is 0 Å². The molecule has 0 aromatic heterocycles. The van der Waals surface area contributed by atoms with Gasteiger partial charge in [-0.3, -0.25) is 4.79 Å². The van der Waals surface area contributed by atoms with Crippen molar-refractivity contribution in [1.82, 2.24) is 0 Å². The average molecular weight is 353 g/mol. The molecule has 0 fully saturated rings. The van der Waals surface area contributed by atoms with Crippen molar-refractivity contribution in [3.8, 4) is 11.5 Å². The van der Waals surface area contributed by atoms with Crippen LogP contribution < -0.4 is 9.47 Å². The normalized spacial score (nSPS) is 10.3. The number of hydrogen-bond acceptors (Lipinski definition) is 3. The fourth-order valence-corrected chi connectivity index (χ4v) is 2.49. The molecule has 0 amide bonds. The van der Waals surface area contributed by atoms with Gasteiger partial charge in [-0.2, -0.15) is 0 Å². The Labute approximate surface area is 130 Å². The van der Waals surface area contributed by atoms with Gasteiger partial charge in [-0.25, -0.2) is 4.39 Å². The van der Waals surface area contributed by atoms with Gasteiger partial charge < -0.3 is 9.47 Å². The molecule has 0 atom stereocenters. The van der Waals surface area contributed by atoms with Gasteiger partial charge in [-0.1, -0.05) is 6.07 Å². The van der Waals surface area contributed by atoms with Gasteiger partial charge >= 0.3 is 0 Å². The first-order chi connectivity index (χ1) is 10.0. The summed E-state index contributed by atoms with van der Waals surface area (Å²) in [5.41, 5.74) is 1.14. The van der Waals surface area contributed by atoms with E-state index in [-0.39, 0.29) is 18.0 Å². The van der Waals surface area contributed by atoms with Crippen molar-refractivity contribution in [2.75, 3.05) is 14.2 Å². The number of ketones is 1. The van der Waals surface area contributed by atoms with Crippen LogP contribution in [0, 0.1) is 5.82 Å². The van der Waals surface area contributed by atoms with Crippen LogP contribution in [0.3, 0.4) is 0 Å². The molecule has 0 heterocycles. The summed E-state index contributed by atoms with van der Waals surface area (Å²) in [6, 6.07) is 9.61. The van der Waals surface area contributed by atoms with Gasteiger partial charge in [0.2, 0.25) is 0 Å². The molecule has 0 saturated heterocycles. The number of benzene rings is 2. The van der Waals surface area contributed by atoms with Crippen LogP contribution in [-0.2, 0) is 6.42 Å². The van der Waals surface area contributed by atoms with E-state index in [4.69, 9.17) is 9.47 Å². The largest absolute Gasteiger partial charge is 0.496 e. The maximum absolute atomic E-state index is 13.6. The third kappa shape index (κ3) is 3.61.